The smallest absolute Gasteiger partial charge is 0.296 e. The summed E-state index contributed by atoms with van der Waals surface area (Å²) in [4.78, 5) is 24.4. The zero-order chi connectivity index (χ0) is 21.4. The number of hydrogen-bond acceptors (Lipinski definition) is 6. The molecule has 0 heterocycles. The lowest BCUT2D eigenvalue weighted by atomic mass is 9.94. The van der Waals surface area contributed by atoms with Crippen LogP contribution in [0.15, 0.2) is 59.5 Å². The van der Waals surface area contributed by atoms with Gasteiger partial charge in [0.25, 0.3) is 10.1 Å². The van der Waals surface area contributed by atoms with Crippen LogP contribution < -0.4 is 10.1 Å². The molecule has 9 heteroatoms. The van der Waals surface area contributed by atoms with Gasteiger partial charge in [-0.05, 0) is 31.2 Å². The Morgan fingerprint density at radius 1 is 1.07 bits per heavy atom. The van der Waals surface area contributed by atoms with Crippen molar-refractivity contribution in [3.05, 3.63) is 54.6 Å². The molecular formula is C20H23NO7S. The van der Waals surface area contributed by atoms with Crippen LogP contribution in [-0.2, 0) is 24.4 Å². The Morgan fingerprint density at radius 2 is 1.69 bits per heavy atom. The lowest BCUT2D eigenvalue weighted by Crippen LogP contribution is -2.39. The van der Waals surface area contributed by atoms with Crippen LogP contribution in [0, 0.1) is 5.92 Å². The molecule has 0 aromatic heterocycles. The molecule has 0 fully saturated rings. The maximum absolute atomic E-state index is 12.7. The molecule has 0 aliphatic rings. The first-order valence-corrected chi connectivity index (χ1v) is 10.3. The molecule has 2 atom stereocenters. The van der Waals surface area contributed by atoms with Gasteiger partial charge in [-0.1, -0.05) is 30.3 Å². The molecule has 2 rings (SSSR count). The molecule has 156 valence electrons. The predicted octanol–water partition coefficient (Wildman–Crippen LogP) is 2.56. The molecule has 0 radical (unpaired) electrons. The number of ether oxygens (including phenoxy) is 2. The molecule has 8 nitrogen and oxygen atoms in total. The second-order valence-electron chi connectivity index (χ2n) is 6.27. The van der Waals surface area contributed by atoms with E-state index in [1.165, 1.54) is 32.2 Å². The maximum atomic E-state index is 12.7. The number of carbonyl (C=O) groups is 2. The number of anilines is 1. The van der Waals surface area contributed by atoms with E-state index >= 15 is 0 Å². The summed E-state index contributed by atoms with van der Waals surface area (Å²) in [5, 5.41) is 2.40. The number of methoxy groups -OCH3 is 1. The Hall–Kier alpha value is -2.75. The van der Waals surface area contributed by atoms with Crippen LogP contribution in [0.2, 0.25) is 0 Å². The van der Waals surface area contributed by atoms with Crippen molar-refractivity contribution in [1.82, 2.24) is 0 Å². The number of rotatable bonds is 10. The highest BCUT2D eigenvalue weighted by molar-refractivity contribution is 7.86. The fourth-order valence-corrected chi connectivity index (χ4v) is 3.50. The van der Waals surface area contributed by atoms with E-state index in [0.717, 1.165) is 6.07 Å². The summed E-state index contributed by atoms with van der Waals surface area (Å²) in [6.07, 6.45) is -0.530. The first kappa shape index (κ1) is 22.5. The largest absolute Gasteiger partial charge is 0.493 e. The number of para-hydroxylation sites is 2. The van der Waals surface area contributed by atoms with Gasteiger partial charge >= 0.3 is 0 Å². The van der Waals surface area contributed by atoms with Gasteiger partial charge in [0.15, 0.2) is 0 Å². The number of ketones is 1. The van der Waals surface area contributed by atoms with Gasteiger partial charge in [0, 0.05) is 13.5 Å². The third kappa shape index (κ3) is 6.38. The van der Waals surface area contributed by atoms with Gasteiger partial charge in [0.05, 0.1) is 18.4 Å². The molecule has 0 aliphatic carbocycles. The van der Waals surface area contributed by atoms with E-state index in [1.54, 1.807) is 12.1 Å². The van der Waals surface area contributed by atoms with Crippen LogP contribution >= 0.6 is 0 Å². The molecule has 0 aliphatic heterocycles. The molecule has 0 bridgehead atoms. The number of carbonyl (C=O) groups excluding carboxylic acids is 2. The SMILES string of the molecule is COC(CCOc1ccccc1)C(C(C)=O)C(=O)Nc1ccccc1S(=O)(=O)O. The van der Waals surface area contributed by atoms with Crippen molar-refractivity contribution in [2.45, 2.75) is 24.3 Å². The monoisotopic (exact) mass is 421 g/mol. The van der Waals surface area contributed by atoms with Crippen LogP contribution in [-0.4, -0.2) is 44.5 Å². The number of benzene rings is 2. The predicted molar refractivity (Wildman–Crippen MR) is 106 cm³/mol. The van der Waals surface area contributed by atoms with E-state index in [1.807, 2.05) is 18.2 Å². The van der Waals surface area contributed by atoms with E-state index in [2.05, 4.69) is 5.32 Å². The zero-order valence-corrected chi connectivity index (χ0v) is 16.9. The minimum absolute atomic E-state index is 0.123. The third-order valence-corrected chi connectivity index (χ3v) is 5.14. The maximum Gasteiger partial charge on any atom is 0.296 e. The molecule has 0 saturated carbocycles. The molecule has 1 amide bonds. The summed E-state index contributed by atoms with van der Waals surface area (Å²) < 4.78 is 43.3. The van der Waals surface area contributed by atoms with Gasteiger partial charge in [0.1, 0.15) is 22.3 Å². The summed E-state index contributed by atoms with van der Waals surface area (Å²) in [5.74, 6) is -1.72. The Bertz CT molecular complexity index is 944. The summed E-state index contributed by atoms with van der Waals surface area (Å²) in [7, 11) is -3.17. The van der Waals surface area contributed by atoms with Crippen LogP contribution in [0.1, 0.15) is 13.3 Å². The van der Waals surface area contributed by atoms with Gasteiger partial charge in [-0.3, -0.25) is 14.1 Å². The first-order chi connectivity index (χ1) is 13.7. The third-order valence-electron chi connectivity index (χ3n) is 4.23. The summed E-state index contributed by atoms with van der Waals surface area (Å²) >= 11 is 0. The standard InChI is InChI=1S/C20H23NO7S/c1-14(22)19(17(27-2)12-13-28-15-8-4-3-5-9-15)20(23)21-16-10-6-7-11-18(16)29(24,25)26/h3-11,17,19H,12-13H2,1-2H3,(H,21,23)(H,24,25,26). The van der Waals surface area contributed by atoms with Crippen LogP contribution in [0.5, 0.6) is 5.75 Å². The van der Waals surface area contributed by atoms with Crippen molar-refractivity contribution < 1.29 is 32.0 Å². The fraction of sp³-hybridized carbons (Fsp3) is 0.300. The highest BCUT2D eigenvalue weighted by Crippen LogP contribution is 2.23. The summed E-state index contributed by atoms with van der Waals surface area (Å²) in [6.45, 7) is 1.46. The van der Waals surface area contributed by atoms with E-state index < -0.39 is 38.7 Å². The van der Waals surface area contributed by atoms with Crippen molar-refractivity contribution in [3.63, 3.8) is 0 Å². The Kier molecular flexibility index (Phi) is 7.89. The van der Waals surface area contributed by atoms with E-state index in [9.17, 15) is 22.6 Å². The molecule has 2 aromatic carbocycles. The van der Waals surface area contributed by atoms with E-state index in [-0.39, 0.29) is 18.7 Å². The van der Waals surface area contributed by atoms with Crippen molar-refractivity contribution in [3.8, 4) is 5.75 Å². The highest BCUT2D eigenvalue weighted by Gasteiger charge is 2.33. The lowest BCUT2D eigenvalue weighted by molar-refractivity contribution is -0.136. The zero-order valence-electron chi connectivity index (χ0n) is 16.1. The molecule has 0 saturated heterocycles. The second-order valence-corrected chi connectivity index (χ2v) is 7.66. The molecule has 2 unspecified atom stereocenters. The first-order valence-electron chi connectivity index (χ1n) is 8.82. The van der Waals surface area contributed by atoms with Gasteiger partial charge in [0.2, 0.25) is 5.91 Å². The second kappa shape index (κ2) is 10.1. The van der Waals surface area contributed by atoms with Crippen LogP contribution in [0.3, 0.4) is 0 Å². The number of Topliss-reactive ketones (excluding diaryl/α,β-unsaturated/α-hetero) is 1. The number of nitrogens with one attached hydrogen (secondary N) is 1. The van der Waals surface area contributed by atoms with Crippen molar-refractivity contribution >= 4 is 27.5 Å². The topological polar surface area (TPSA) is 119 Å². The summed E-state index contributed by atoms with van der Waals surface area (Å²) in [6, 6.07) is 14.4. The minimum Gasteiger partial charge on any atom is -0.493 e. The average Bonchev–Trinajstić information content (AvgIpc) is 2.67. The number of hydrogen-bond donors (Lipinski definition) is 2. The quantitative estimate of drug-likeness (QED) is 0.447. The normalized spacial score (nSPS) is 13.3. The molecule has 0 spiro atoms. The van der Waals surface area contributed by atoms with Gasteiger partial charge in [-0.25, -0.2) is 0 Å². The minimum atomic E-state index is -4.55. The Balaban J connectivity index is 2.12. The Labute approximate surface area is 169 Å². The summed E-state index contributed by atoms with van der Waals surface area (Å²) in [5.41, 5.74) is -0.123. The molecule has 2 N–H and O–H groups in total. The van der Waals surface area contributed by atoms with Crippen LogP contribution in [0.25, 0.3) is 0 Å². The van der Waals surface area contributed by atoms with Crippen LogP contribution in [0.4, 0.5) is 5.69 Å². The van der Waals surface area contributed by atoms with E-state index in [0.29, 0.717) is 5.75 Å². The van der Waals surface area contributed by atoms with Crippen molar-refractivity contribution in [1.29, 1.82) is 0 Å². The Morgan fingerprint density at radius 3 is 2.28 bits per heavy atom. The highest BCUT2D eigenvalue weighted by atomic mass is 32.2. The van der Waals surface area contributed by atoms with Gasteiger partial charge < -0.3 is 14.8 Å². The average molecular weight is 421 g/mol. The lowest BCUT2D eigenvalue weighted by Gasteiger charge is -2.23. The molecule has 29 heavy (non-hydrogen) atoms. The van der Waals surface area contributed by atoms with Crippen molar-refractivity contribution in [2.24, 2.45) is 5.92 Å². The van der Waals surface area contributed by atoms with Gasteiger partial charge in [-0.2, -0.15) is 8.42 Å². The fourth-order valence-electron chi connectivity index (χ4n) is 2.85. The van der Waals surface area contributed by atoms with E-state index in [4.69, 9.17) is 9.47 Å². The number of amides is 1. The molecule has 2 aromatic rings. The van der Waals surface area contributed by atoms with Gasteiger partial charge in [-0.15, -0.1) is 0 Å². The van der Waals surface area contributed by atoms with Crippen molar-refractivity contribution in [2.75, 3.05) is 19.0 Å². The molecular weight excluding hydrogens is 398 g/mol.